The summed E-state index contributed by atoms with van der Waals surface area (Å²) < 4.78 is 27.2. The molecule has 5 nitrogen and oxygen atoms in total. The first-order chi connectivity index (χ1) is 7.28. The summed E-state index contributed by atoms with van der Waals surface area (Å²) in [7, 11) is -1.60. The maximum absolute atomic E-state index is 11.3. The van der Waals surface area contributed by atoms with Crippen molar-refractivity contribution in [1.82, 2.24) is 5.32 Å². The van der Waals surface area contributed by atoms with E-state index >= 15 is 0 Å². The quantitative estimate of drug-likeness (QED) is 0.588. The lowest BCUT2D eigenvalue weighted by Gasteiger charge is -2.24. The van der Waals surface area contributed by atoms with Crippen molar-refractivity contribution in [3.63, 3.8) is 0 Å². The molecule has 1 fully saturated rings. The SMILES string of the molecule is COC(=O)C(Br)CNC1(C)CCS(=O)(=O)C1. The first-order valence-corrected chi connectivity index (χ1v) is 7.69. The molecule has 0 aromatic carbocycles. The minimum absolute atomic E-state index is 0.126. The van der Waals surface area contributed by atoms with Crippen LogP contribution in [0.4, 0.5) is 0 Å². The smallest absolute Gasteiger partial charge is 0.320 e. The summed E-state index contributed by atoms with van der Waals surface area (Å²) in [5.41, 5.74) is -0.432. The summed E-state index contributed by atoms with van der Waals surface area (Å²) in [4.78, 5) is 10.7. The lowest BCUT2D eigenvalue weighted by molar-refractivity contribution is -0.139. The van der Waals surface area contributed by atoms with Crippen LogP contribution in [0.5, 0.6) is 0 Å². The monoisotopic (exact) mass is 313 g/mol. The maximum Gasteiger partial charge on any atom is 0.320 e. The number of carbonyl (C=O) groups is 1. The molecular weight excluding hydrogens is 298 g/mol. The van der Waals surface area contributed by atoms with Crippen LogP contribution in [0.1, 0.15) is 13.3 Å². The summed E-state index contributed by atoms with van der Waals surface area (Å²) in [6, 6.07) is 0. The Balaban J connectivity index is 2.47. The highest BCUT2D eigenvalue weighted by molar-refractivity contribution is 9.10. The molecule has 1 heterocycles. The number of rotatable bonds is 4. The first-order valence-electron chi connectivity index (χ1n) is 4.95. The molecule has 1 saturated heterocycles. The van der Waals surface area contributed by atoms with Crippen LogP contribution in [0.2, 0.25) is 0 Å². The highest BCUT2D eigenvalue weighted by atomic mass is 79.9. The van der Waals surface area contributed by atoms with Crippen molar-refractivity contribution in [2.75, 3.05) is 25.2 Å². The maximum atomic E-state index is 11.3. The minimum atomic E-state index is -2.92. The van der Waals surface area contributed by atoms with Gasteiger partial charge in [0.15, 0.2) is 9.84 Å². The van der Waals surface area contributed by atoms with Gasteiger partial charge in [0.2, 0.25) is 0 Å². The van der Waals surface area contributed by atoms with E-state index in [1.165, 1.54) is 7.11 Å². The fraction of sp³-hybridized carbons (Fsp3) is 0.889. The number of methoxy groups -OCH3 is 1. The molecule has 1 aliphatic rings. The third-order valence-electron chi connectivity index (χ3n) is 2.67. The molecule has 0 aromatic rings. The zero-order valence-corrected chi connectivity index (χ0v) is 11.7. The number of hydrogen-bond acceptors (Lipinski definition) is 5. The first kappa shape index (κ1) is 13.9. The van der Waals surface area contributed by atoms with Crippen LogP contribution < -0.4 is 5.32 Å². The van der Waals surface area contributed by atoms with Gasteiger partial charge in [-0.25, -0.2) is 8.42 Å². The van der Waals surface area contributed by atoms with E-state index in [1.54, 1.807) is 0 Å². The topological polar surface area (TPSA) is 72.5 Å². The standard InChI is InChI=1S/C9H16BrNO4S/c1-9(3-4-16(13,14)6-9)11-5-7(10)8(12)15-2/h7,11H,3-6H2,1-2H3. The van der Waals surface area contributed by atoms with Gasteiger partial charge in [-0.1, -0.05) is 15.9 Å². The highest BCUT2D eigenvalue weighted by Gasteiger charge is 2.38. The zero-order chi connectivity index (χ0) is 12.4. The van der Waals surface area contributed by atoms with Crippen LogP contribution in [-0.4, -0.2) is 49.9 Å². The van der Waals surface area contributed by atoms with Gasteiger partial charge < -0.3 is 10.1 Å². The van der Waals surface area contributed by atoms with Crippen molar-refractivity contribution < 1.29 is 17.9 Å². The highest BCUT2D eigenvalue weighted by Crippen LogP contribution is 2.23. The van der Waals surface area contributed by atoms with E-state index in [0.29, 0.717) is 13.0 Å². The minimum Gasteiger partial charge on any atom is -0.468 e. The van der Waals surface area contributed by atoms with Gasteiger partial charge >= 0.3 is 5.97 Å². The van der Waals surface area contributed by atoms with Crippen LogP contribution in [0.15, 0.2) is 0 Å². The fourth-order valence-corrected chi connectivity index (χ4v) is 4.17. The number of sulfone groups is 1. The van der Waals surface area contributed by atoms with Gasteiger partial charge in [-0.15, -0.1) is 0 Å². The second kappa shape index (κ2) is 5.01. The van der Waals surface area contributed by atoms with Crippen molar-refractivity contribution in [3.8, 4) is 0 Å². The molecule has 0 bridgehead atoms. The van der Waals surface area contributed by atoms with Crippen LogP contribution in [0, 0.1) is 0 Å². The molecule has 0 radical (unpaired) electrons. The molecule has 2 unspecified atom stereocenters. The fourth-order valence-electron chi connectivity index (χ4n) is 1.70. The summed E-state index contributed by atoms with van der Waals surface area (Å²) in [5, 5.41) is 3.10. The van der Waals surface area contributed by atoms with Gasteiger partial charge in [-0.05, 0) is 13.3 Å². The summed E-state index contributed by atoms with van der Waals surface area (Å²) in [6.07, 6.45) is 0.580. The third kappa shape index (κ3) is 3.71. The van der Waals surface area contributed by atoms with Crippen molar-refractivity contribution in [2.24, 2.45) is 0 Å². The van der Waals surface area contributed by atoms with Gasteiger partial charge in [0.25, 0.3) is 0 Å². The second-order valence-electron chi connectivity index (χ2n) is 4.27. The van der Waals surface area contributed by atoms with Gasteiger partial charge in [0.1, 0.15) is 4.83 Å². The predicted molar refractivity (Wildman–Crippen MR) is 64.4 cm³/mol. The average Bonchev–Trinajstić information content (AvgIpc) is 2.49. The molecule has 16 heavy (non-hydrogen) atoms. The van der Waals surface area contributed by atoms with Crippen LogP contribution >= 0.6 is 15.9 Å². The summed E-state index contributed by atoms with van der Waals surface area (Å²) >= 11 is 3.18. The van der Waals surface area contributed by atoms with Crippen LogP contribution in [0.25, 0.3) is 0 Å². The normalized spacial score (nSPS) is 29.9. The van der Waals surface area contributed by atoms with Gasteiger partial charge in [-0.2, -0.15) is 0 Å². The van der Waals surface area contributed by atoms with E-state index in [2.05, 4.69) is 26.0 Å². The Morgan fingerprint density at radius 2 is 2.25 bits per heavy atom. The van der Waals surface area contributed by atoms with E-state index in [4.69, 9.17) is 0 Å². The number of nitrogens with one attached hydrogen (secondary N) is 1. The Bertz CT molecular complexity index is 370. The number of alkyl halides is 1. The average molecular weight is 314 g/mol. The predicted octanol–water partition coefficient (Wildman–Crippen LogP) is 0.0897. The molecule has 0 amide bonds. The lowest BCUT2D eigenvalue weighted by atomic mass is 10.0. The van der Waals surface area contributed by atoms with Crippen molar-refractivity contribution in [3.05, 3.63) is 0 Å². The molecule has 94 valence electrons. The Morgan fingerprint density at radius 3 is 2.69 bits per heavy atom. The third-order valence-corrected chi connectivity index (χ3v) is 5.27. The molecule has 0 aliphatic carbocycles. The Morgan fingerprint density at radius 1 is 1.62 bits per heavy atom. The van der Waals surface area contributed by atoms with Gasteiger partial charge in [-0.3, -0.25) is 4.79 Å². The molecular formula is C9H16BrNO4S. The van der Waals surface area contributed by atoms with Crippen LogP contribution in [0.3, 0.4) is 0 Å². The van der Waals surface area contributed by atoms with E-state index in [9.17, 15) is 13.2 Å². The number of hydrogen-bond donors (Lipinski definition) is 1. The van der Waals surface area contributed by atoms with Crippen molar-refractivity contribution in [2.45, 2.75) is 23.7 Å². The Hall–Kier alpha value is -0.140. The molecule has 1 rings (SSSR count). The van der Waals surface area contributed by atoms with Crippen molar-refractivity contribution >= 4 is 31.7 Å². The van der Waals surface area contributed by atoms with Crippen molar-refractivity contribution in [1.29, 1.82) is 0 Å². The summed E-state index contributed by atoms with van der Waals surface area (Å²) in [5.74, 6) is -0.0280. The molecule has 0 saturated carbocycles. The zero-order valence-electron chi connectivity index (χ0n) is 9.32. The lowest BCUT2D eigenvalue weighted by Crippen LogP contribution is -2.47. The van der Waals surface area contributed by atoms with E-state index < -0.39 is 20.2 Å². The number of ether oxygens (including phenoxy) is 1. The number of halogens is 1. The van der Waals surface area contributed by atoms with E-state index in [0.717, 1.165) is 0 Å². The summed E-state index contributed by atoms with van der Waals surface area (Å²) in [6.45, 7) is 2.22. The molecule has 0 aromatic heterocycles. The molecule has 1 N–H and O–H groups in total. The number of esters is 1. The van der Waals surface area contributed by atoms with E-state index in [1.807, 2.05) is 6.92 Å². The van der Waals surface area contributed by atoms with E-state index in [-0.39, 0.29) is 17.5 Å². The molecule has 1 aliphatic heterocycles. The Labute approximate surface area is 104 Å². The molecule has 2 atom stereocenters. The molecule has 0 spiro atoms. The second-order valence-corrected chi connectivity index (χ2v) is 7.56. The largest absolute Gasteiger partial charge is 0.468 e. The molecule has 7 heteroatoms. The van der Waals surface area contributed by atoms with Gasteiger partial charge in [0, 0.05) is 12.1 Å². The van der Waals surface area contributed by atoms with Crippen LogP contribution in [-0.2, 0) is 19.4 Å². The Kier molecular flexibility index (Phi) is 4.36. The van der Waals surface area contributed by atoms with Gasteiger partial charge in [0.05, 0.1) is 18.6 Å². The number of carbonyl (C=O) groups excluding carboxylic acids is 1.